The molecule has 11 heteroatoms. The minimum Gasteiger partial charge on any atom is -0.452 e. The van der Waals surface area contributed by atoms with Crippen molar-refractivity contribution in [2.75, 3.05) is 13.1 Å². The molecule has 0 atom stereocenters. The lowest BCUT2D eigenvalue weighted by molar-refractivity contribution is 0.0429. The molecule has 0 radical (unpaired) electrons. The van der Waals surface area contributed by atoms with Crippen LogP contribution in [0.15, 0.2) is 52.1 Å². The average molecular weight is 463 g/mol. The number of aromatic nitrogens is 3. The van der Waals surface area contributed by atoms with E-state index in [1.807, 2.05) is 0 Å². The predicted octanol–water partition coefficient (Wildman–Crippen LogP) is 3.32. The fourth-order valence-electron chi connectivity index (χ4n) is 3.21. The summed E-state index contributed by atoms with van der Waals surface area (Å²) in [6.45, 7) is 0.608. The third-order valence-electron chi connectivity index (χ3n) is 4.81. The van der Waals surface area contributed by atoms with Crippen LogP contribution < -0.4 is 0 Å². The molecule has 0 spiro atoms. The minimum atomic E-state index is -3.80. The van der Waals surface area contributed by atoms with E-state index in [0.717, 1.165) is 19.3 Å². The van der Waals surface area contributed by atoms with Crippen molar-refractivity contribution < 1.29 is 22.5 Å². The van der Waals surface area contributed by atoms with Gasteiger partial charge in [0.15, 0.2) is 6.61 Å². The molecule has 31 heavy (non-hydrogen) atoms. The summed E-state index contributed by atoms with van der Waals surface area (Å²) in [5.74, 6) is -0.309. The van der Waals surface area contributed by atoms with Gasteiger partial charge in [0.2, 0.25) is 15.8 Å². The van der Waals surface area contributed by atoms with Gasteiger partial charge in [-0.05, 0) is 43.2 Å². The summed E-state index contributed by atoms with van der Waals surface area (Å²) in [6, 6.07) is 7.54. The average Bonchev–Trinajstić information content (AvgIpc) is 3.28. The van der Waals surface area contributed by atoms with Gasteiger partial charge >= 0.3 is 5.97 Å². The maximum Gasteiger partial charge on any atom is 0.338 e. The molecule has 0 amide bonds. The van der Waals surface area contributed by atoms with Crippen LogP contribution in [0.25, 0.3) is 11.4 Å². The van der Waals surface area contributed by atoms with E-state index < -0.39 is 16.0 Å². The van der Waals surface area contributed by atoms with Gasteiger partial charge in [0.25, 0.3) is 5.89 Å². The molecule has 0 aliphatic carbocycles. The van der Waals surface area contributed by atoms with Gasteiger partial charge in [-0.25, -0.2) is 13.2 Å². The minimum absolute atomic E-state index is 0.0557. The summed E-state index contributed by atoms with van der Waals surface area (Å²) in [6.07, 6.45) is 5.79. The number of carbonyl (C=O) groups is 1. The number of rotatable bonds is 6. The van der Waals surface area contributed by atoms with E-state index in [1.54, 1.807) is 24.5 Å². The maximum absolute atomic E-state index is 13.0. The van der Waals surface area contributed by atoms with Crippen LogP contribution in [-0.4, -0.2) is 46.9 Å². The van der Waals surface area contributed by atoms with E-state index in [0.29, 0.717) is 24.5 Å². The Morgan fingerprint density at radius 1 is 1.19 bits per heavy atom. The number of esters is 1. The standard InChI is InChI=1S/C20H19ClN4O5S/c21-16-7-6-14(11-17(16)31(27,28)25-9-2-1-3-10-25)20(26)29-13-18-23-19(24-30-18)15-5-4-8-22-12-15/h4-8,11-12H,1-3,9-10,13H2. The van der Waals surface area contributed by atoms with Crippen molar-refractivity contribution in [2.24, 2.45) is 0 Å². The first-order chi connectivity index (χ1) is 14.9. The van der Waals surface area contributed by atoms with Gasteiger partial charge in [-0.15, -0.1) is 0 Å². The van der Waals surface area contributed by atoms with Gasteiger partial charge < -0.3 is 9.26 Å². The molecule has 0 unspecified atom stereocenters. The van der Waals surface area contributed by atoms with Gasteiger partial charge in [-0.1, -0.05) is 23.2 Å². The molecule has 4 rings (SSSR count). The van der Waals surface area contributed by atoms with Crippen LogP contribution in [0.2, 0.25) is 5.02 Å². The second-order valence-electron chi connectivity index (χ2n) is 6.94. The topological polar surface area (TPSA) is 115 Å². The first-order valence-corrected chi connectivity index (χ1v) is 11.5. The first kappa shape index (κ1) is 21.4. The Bertz CT molecular complexity index is 1180. The zero-order valence-electron chi connectivity index (χ0n) is 16.4. The smallest absolute Gasteiger partial charge is 0.338 e. The van der Waals surface area contributed by atoms with Crippen molar-refractivity contribution in [1.29, 1.82) is 0 Å². The van der Waals surface area contributed by atoms with Crippen LogP contribution in [0.1, 0.15) is 35.5 Å². The fourth-order valence-corrected chi connectivity index (χ4v) is 5.23. The second-order valence-corrected chi connectivity index (χ2v) is 9.25. The molecule has 0 bridgehead atoms. The van der Waals surface area contributed by atoms with Crippen molar-refractivity contribution >= 4 is 27.6 Å². The third kappa shape index (κ3) is 4.76. The Hall–Kier alpha value is -2.82. The number of pyridine rings is 1. The van der Waals surface area contributed by atoms with Crippen LogP contribution >= 0.6 is 11.6 Å². The third-order valence-corrected chi connectivity index (χ3v) is 7.19. The zero-order chi connectivity index (χ0) is 21.8. The lowest BCUT2D eigenvalue weighted by Crippen LogP contribution is -2.35. The molecule has 1 fully saturated rings. The van der Waals surface area contributed by atoms with E-state index in [4.69, 9.17) is 20.9 Å². The highest BCUT2D eigenvalue weighted by atomic mass is 35.5. The van der Waals surface area contributed by atoms with Gasteiger partial charge in [0.1, 0.15) is 4.90 Å². The molecule has 162 valence electrons. The number of ether oxygens (including phenoxy) is 1. The first-order valence-electron chi connectivity index (χ1n) is 9.65. The summed E-state index contributed by atoms with van der Waals surface area (Å²) in [5.41, 5.74) is 0.723. The summed E-state index contributed by atoms with van der Waals surface area (Å²) < 4.78 is 37.6. The molecule has 1 aliphatic heterocycles. The summed E-state index contributed by atoms with van der Waals surface area (Å²) in [4.78, 5) is 20.5. The fraction of sp³-hybridized carbons (Fsp3) is 0.300. The van der Waals surface area contributed by atoms with Crippen molar-refractivity contribution in [3.63, 3.8) is 0 Å². The summed E-state index contributed by atoms with van der Waals surface area (Å²) >= 11 is 6.14. The number of piperidine rings is 1. The van der Waals surface area contributed by atoms with Crippen LogP contribution in [0.3, 0.4) is 0 Å². The molecule has 3 aromatic rings. The van der Waals surface area contributed by atoms with Crippen LogP contribution in [0.4, 0.5) is 0 Å². The quantitative estimate of drug-likeness (QED) is 0.512. The molecule has 2 aromatic heterocycles. The van der Waals surface area contributed by atoms with Gasteiger partial charge in [0, 0.05) is 31.0 Å². The van der Waals surface area contributed by atoms with Crippen LogP contribution in [0, 0.1) is 0 Å². The summed E-state index contributed by atoms with van der Waals surface area (Å²) in [5, 5.41) is 3.88. The number of sulfonamides is 1. The molecule has 9 nitrogen and oxygen atoms in total. The number of hydrogen-bond donors (Lipinski definition) is 0. The normalized spacial score (nSPS) is 15.0. The molecule has 0 saturated carbocycles. The highest BCUT2D eigenvalue weighted by Gasteiger charge is 2.29. The molecule has 0 N–H and O–H groups in total. The molecular weight excluding hydrogens is 444 g/mol. The largest absolute Gasteiger partial charge is 0.452 e. The van der Waals surface area contributed by atoms with Crippen molar-refractivity contribution in [3.8, 4) is 11.4 Å². The number of carbonyl (C=O) groups excluding carboxylic acids is 1. The molecule has 1 aromatic carbocycles. The van der Waals surface area contributed by atoms with Crippen molar-refractivity contribution in [2.45, 2.75) is 30.8 Å². The Labute approximate surface area is 184 Å². The second kappa shape index (κ2) is 9.13. The van der Waals surface area contributed by atoms with E-state index >= 15 is 0 Å². The molecule has 1 saturated heterocycles. The number of hydrogen-bond acceptors (Lipinski definition) is 8. The van der Waals surface area contributed by atoms with Crippen LogP contribution in [0.5, 0.6) is 0 Å². The van der Waals surface area contributed by atoms with E-state index in [2.05, 4.69) is 15.1 Å². The SMILES string of the molecule is O=C(OCc1nc(-c2cccnc2)no1)c1ccc(Cl)c(S(=O)(=O)N2CCCCC2)c1. The Morgan fingerprint density at radius 3 is 2.74 bits per heavy atom. The number of benzene rings is 1. The van der Waals surface area contributed by atoms with Crippen LogP contribution in [-0.2, 0) is 21.4 Å². The monoisotopic (exact) mass is 462 g/mol. The van der Waals surface area contributed by atoms with Crippen molar-refractivity contribution in [3.05, 3.63) is 59.2 Å². The Morgan fingerprint density at radius 2 is 2.00 bits per heavy atom. The van der Waals surface area contributed by atoms with E-state index in [9.17, 15) is 13.2 Å². The molecular formula is C20H19ClN4O5S. The molecule has 3 heterocycles. The van der Waals surface area contributed by atoms with Gasteiger partial charge in [-0.2, -0.15) is 9.29 Å². The van der Waals surface area contributed by atoms with E-state index in [1.165, 1.54) is 22.5 Å². The zero-order valence-corrected chi connectivity index (χ0v) is 18.0. The highest BCUT2D eigenvalue weighted by Crippen LogP contribution is 2.28. The number of nitrogens with zero attached hydrogens (tertiary/aromatic N) is 4. The Balaban J connectivity index is 1.47. The lowest BCUT2D eigenvalue weighted by Gasteiger charge is -2.26. The Kier molecular flexibility index (Phi) is 6.30. The maximum atomic E-state index is 13.0. The lowest BCUT2D eigenvalue weighted by atomic mass is 10.2. The van der Waals surface area contributed by atoms with Crippen molar-refractivity contribution in [1.82, 2.24) is 19.4 Å². The van der Waals surface area contributed by atoms with Gasteiger partial charge in [-0.3, -0.25) is 4.98 Å². The molecule has 1 aliphatic rings. The predicted molar refractivity (Wildman–Crippen MR) is 111 cm³/mol. The van der Waals surface area contributed by atoms with Gasteiger partial charge in [0.05, 0.1) is 10.6 Å². The highest BCUT2D eigenvalue weighted by molar-refractivity contribution is 7.89. The summed E-state index contributed by atoms with van der Waals surface area (Å²) in [7, 11) is -3.80. The number of halogens is 1. The van der Waals surface area contributed by atoms with E-state index in [-0.39, 0.29) is 28.0 Å².